The number of hydrogen-bond donors (Lipinski definition) is 0. The highest BCUT2D eigenvalue weighted by Crippen LogP contribution is 2.38. The summed E-state index contributed by atoms with van der Waals surface area (Å²) in [5, 5.41) is 9.98. The van der Waals surface area contributed by atoms with Crippen molar-refractivity contribution in [3.63, 3.8) is 0 Å². The smallest absolute Gasteiger partial charge is 0.417 e. The molecule has 0 bridgehead atoms. The number of rotatable bonds is 11. The van der Waals surface area contributed by atoms with Gasteiger partial charge in [0.05, 0.1) is 23.4 Å². The maximum atomic E-state index is 14.6. The number of aromatic nitrogens is 1. The van der Waals surface area contributed by atoms with Gasteiger partial charge in [-0.05, 0) is 92.8 Å². The van der Waals surface area contributed by atoms with E-state index in [0.29, 0.717) is 36.4 Å². The number of benzene rings is 2. The number of nitrogens with zero attached hydrogens (tertiary/aromatic N) is 3. The van der Waals surface area contributed by atoms with Gasteiger partial charge in [0.25, 0.3) is 0 Å². The first kappa shape index (κ1) is 35.4. The van der Waals surface area contributed by atoms with Crippen LogP contribution in [0.25, 0.3) is 23.3 Å². The van der Waals surface area contributed by atoms with Crippen LogP contribution in [0.1, 0.15) is 80.8 Å². The predicted octanol–water partition coefficient (Wildman–Crippen LogP) is 9.10. The van der Waals surface area contributed by atoms with Gasteiger partial charge in [0.15, 0.2) is 0 Å². The average Bonchev–Trinajstić information content (AvgIpc) is 3.01. The molecule has 3 aromatic rings. The summed E-state index contributed by atoms with van der Waals surface area (Å²) in [7, 11) is 0. The monoisotopic (exact) mass is 745 g/mol. The lowest BCUT2D eigenvalue weighted by atomic mass is 9.97. The molecule has 0 saturated carbocycles. The van der Waals surface area contributed by atoms with Gasteiger partial charge in [0.1, 0.15) is 23.5 Å². The van der Waals surface area contributed by atoms with E-state index in [2.05, 4.69) is 33.6 Å². The molecule has 2 aromatic carbocycles. The fourth-order valence-corrected chi connectivity index (χ4v) is 5.98. The first-order valence-corrected chi connectivity index (χ1v) is 17.0. The van der Waals surface area contributed by atoms with Crippen LogP contribution in [0.3, 0.4) is 0 Å². The summed E-state index contributed by atoms with van der Waals surface area (Å²) in [5.41, 5.74) is 0.732. The molecule has 0 N–H and O–H groups in total. The Morgan fingerprint density at radius 3 is 2.54 bits per heavy atom. The number of likely N-dealkylation sites (tertiary alicyclic amines) is 1. The topological polar surface area (TPSA) is 75.5 Å². The molecular weight excluding hydrogens is 706 g/mol. The molecule has 10 heteroatoms. The Morgan fingerprint density at radius 1 is 1.11 bits per heavy atom. The first-order valence-electron chi connectivity index (χ1n) is 15.4. The summed E-state index contributed by atoms with van der Waals surface area (Å²) in [6, 6.07) is 15.2. The molecule has 6 nitrogen and oxygen atoms in total. The Balaban J connectivity index is 1.75. The van der Waals surface area contributed by atoms with Crippen LogP contribution in [0.2, 0.25) is 0 Å². The van der Waals surface area contributed by atoms with Crippen molar-refractivity contribution in [3.05, 3.63) is 82.7 Å². The third-order valence-corrected chi connectivity index (χ3v) is 8.35. The average molecular weight is 746 g/mol. The molecule has 4 rings (SSSR count). The van der Waals surface area contributed by atoms with E-state index < -0.39 is 23.4 Å². The van der Waals surface area contributed by atoms with E-state index in [1.807, 2.05) is 35.2 Å². The number of piperidine rings is 1. The highest BCUT2D eigenvalue weighted by molar-refractivity contribution is 14.1. The van der Waals surface area contributed by atoms with Crippen LogP contribution in [-0.4, -0.2) is 45.1 Å². The zero-order valence-corrected chi connectivity index (χ0v) is 28.5. The molecule has 0 aliphatic carbocycles. The number of halogens is 4. The molecule has 1 atom stereocenters. The van der Waals surface area contributed by atoms with Crippen LogP contribution in [0.5, 0.6) is 5.75 Å². The zero-order valence-electron chi connectivity index (χ0n) is 26.4. The quantitative estimate of drug-likeness (QED) is 0.0844. The number of pyridine rings is 1. The molecule has 2 heterocycles. The second-order valence-corrected chi connectivity index (χ2v) is 13.3. The lowest BCUT2D eigenvalue weighted by Crippen LogP contribution is -2.46. The van der Waals surface area contributed by atoms with Gasteiger partial charge in [-0.2, -0.15) is 18.4 Å². The Hall–Kier alpha value is -3.43. The van der Waals surface area contributed by atoms with Gasteiger partial charge in [-0.3, -0.25) is 14.7 Å². The molecule has 0 amide bonds. The normalized spacial score (nSPS) is 15.9. The SMILES string of the molecule is CC(C)(C)OC(=O)[C@@H]1CCCCN1Cc1cc(C(F)(F)F)c(/C=C/c2nccc(-c3ccccc3)c2C#N)cc1OCCCCI. The third-order valence-electron chi connectivity index (χ3n) is 7.59. The van der Waals surface area contributed by atoms with Crippen LogP contribution in [0.15, 0.2) is 54.7 Å². The zero-order chi connectivity index (χ0) is 33.3. The summed E-state index contributed by atoms with van der Waals surface area (Å²) in [4.78, 5) is 19.3. The van der Waals surface area contributed by atoms with Crippen molar-refractivity contribution in [3.8, 4) is 22.9 Å². The second kappa shape index (κ2) is 15.9. The van der Waals surface area contributed by atoms with Crippen molar-refractivity contribution in [2.24, 2.45) is 0 Å². The van der Waals surface area contributed by atoms with Crippen molar-refractivity contribution in [1.29, 1.82) is 5.26 Å². The van der Waals surface area contributed by atoms with Gasteiger partial charge in [-0.15, -0.1) is 0 Å². The van der Waals surface area contributed by atoms with E-state index >= 15 is 0 Å². The fourth-order valence-electron chi connectivity index (χ4n) is 5.44. The van der Waals surface area contributed by atoms with E-state index in [4.69, 9.17) is 9.47 Å². The summed E-state index contributed by atoms with van der Waals surface area (Å²) < 4.78 is 56.5. The predicted molar refractivity (Wildman–Crippen MR) is 182 cm³/mol. The Labute approximate surface area is 282 Å². The van der Waals surface area contributed by atoms with Crippen molar-refractivity contribution >= 4 is 40.7 Å². The van der Waals surface area contributed by atoms with Crippen molar-refractivity contribution in [1.82, 2.24) is 9.88 Å². The second-order valence-electron chi connectivity index (χ2n) is 12.2. The van der Waals surface area contributed by atoms with E-state index in [1.165, 1.54) is 24.4 Å². The van der Waals surface area contributed by atoms with Crippen LogP contribution in [-0.2, 0) is 22.3 Å². The van der Waals surface area contributed by atoms with Gasteiger partial charge in [-0.25, -0.2) is 0 Å². The number of hydrogen-bond acceptors (Lipinski definition) is 6. The molecule has 1 saturated heterocycles. The first-order chi connectivity index (χ1) is 21.9. The lowest BCUT2D eigenvalue weighted by molar-refractivity contribution is -0.163. The largest absolute Gasteiger partial charge is 0.493 e. The van der Waals surface area contributed by atoms with Gasteiger partial charge >= 0.3 is 12.1 Å². The standard InChI is InChI=1S/C36H39F3IN3O3/c1-35(2,3)46-34(44)32-13-7-9-19-43(32)24-27-21-30(36(37,38)39)26(22-33(27)45-20-10-8-17-40)14-15-31-29(23-41)28(16-18-42-31)25-11-5-4-6-12-25/h4-6,11-12,14-16,18,21-22,32H,7-10,13,17,19-20,24H2,1-3H3/b15-14+/t32-/m0/s1. The third kappa shape index (κ3) is 9.55. The van der Waals surface area contributed by atoms with E-state index in [0.717, 1.165) is 41.7 Å². The summed E-state index contributed by atoms with van der Waals surface area (Å²) in [6.45, 7) is 6.41. The van der Waals surface area contributed by atoms with Crippen molar-refractivity contribution in [2.75, 3.05) is 17.6 Å². The van der Waals surface area contributed by atoms with E-state index in [9.17, 15) is 23.2 Å². The molecule has 0 unspecified atom stereocenters. The minimum Gasteiger partial charge on any atom is -0.493 e. The van der Waals surface area contributed by atoms with Crippen LogP contribution < -0.4 is 4.74 Å². The van der Waals surface area contributed by atoms with E-state index in [1.54, 1.807) is 26.8 Å². The van der Waals surface area contributed by atoms with Crippen LogP contribution in [0, 0.1) is 11.3 Å². The summed E-state index contributed by atoms with van der Waals surface area (Å²) in [6.07, 6.45) is 3.55. The molecule has 1 aliphatic heterocycles. The molecule has 46 heavy (non-hydrogen) atoms. The van der Waals surface area contributed by atoms with Gasteiger partial charge in [0.2, 0.25) is 0 Å². The molecular formula is C36H39F3IN3O3. The maximum absolute atomic E-state index is 14.6. The Morgan fingerprint density at radius 2 is 1.87 bits per heavy atom. The maximum Gasteiger partial charge on any atom is 0.417 e. The van der Waals surface area contributed by atoms with Crippen LogP contribution in [0.4, 0.5) is 13.2 Å². The molecule has 0 radical (unpaired) electrons. The van der Waals surface area contributed by atoms with E-state index in [-0.39, 0.29) is 29.3 Å². The minimum atomic E-state index is -4.67. The van der Waals surface area contributed by atoms with Gasteiger partial charge in [0, 0.05) is 23.9 Å². The summed E-state index contributed by atoms with van der Waals surface area (Å²) >= 11 is 2.28. The Kier molecular flexibility index (Phi) is 12.3. The Bertz CT molecular complexity index is 1560. The van der Waals surface area contributed by atoms with Crippen LogP contribution >= 0.6 is 22.6 Å². The molecule has 0 spiro atoms. The number of esters is 1. The number of nitriles is 1. The highest BCUT2D eigenvalue weighted by atomic mass is 127. The van der Waals surface area contributed by atoms with Crippen molar-refractivity contribution in [2.45, 2.75) is 77.2 Å². The summed E-state index contributed by atoms with van der Waals surface area (Å²) in [5.74, 6) is -0.0352. The van der Waals surface area contributed by atoms with Gasteiger partial charge < -0.3 is 9.47 Å². The number of carbonyl (C=O) groups is 1. The number of carbonyl (C=O) groups excluding carboxylic acids is 1. The fraction of sp³-hybridized carbons (Fsp3) is 0.417. The molecule has 1 aromatic heterocycles. The number of unbranched alkanes of at least 4 members (excludes halogenated alkanes) is 1. The minimum absolute atomic E-state index is 0.0988. The molecule has 1 aliphatic rings. The molecule has 1 fully saturated rings. The molecule has 244 valence electrons. The highest BCUT2D eigenvalue weighted by Gasteiger charge is 2.36. The van der Waals surface area contributed by atoms with Crippen molar-refractivity contribution < 1.29 is 27.4 Å². The van der Waals surface area contributed by atoms with Gasteiger partial charge in [-0.1, -0.05) is 65.4 Å². The number of alkyl halides is 4. The lowest BCUT2D eigenvalue weighted by Gasteiger charge is -2.36. The number of ether oxygens (including phenoxy) is 2.